The maximum absolute atomic E-state index is 11.3. The molecule has 124 valence electrons. The Balaban J connectivity index is 2.21. The zero-order valence-electron chi connectivity index (χ0n) is 13.1. The third kappa shape index (κ3) is 5.04. The Morgan fingerprint density at radius 3 is 2.62 bits per heavy atom. The van der Waals surface area contributed by atoms with E-state index >= 15 is 0 Å². The number of benzene rings is 2. The second kappa shape index (κ2) is 8.42. The number of hydrogen-bond acceptors (Lipinski definition) is 5. The minimum absolute atomic E-state index is 0.0423. The molecule has 2 aromatic rings. The monoisotopic (exact) mass is 360 g/mol. The summed E-state index contributed by atoms with van der Waals surface area (Å²) in [4.78, 5) is 12.5. The molecule has 0 aliphatic heterocycles. The molecular weight excluding hydrogens is 344 g/mol. The van der Waals surface area contributed by atoms with Crippen LogP contribution in [-0.2, 0) is 0 Å². The standard InChI is InChI=1S/C16H16N4O2S2/c1-11-3-6-13(7-4-11)24-15-8-5-12(9-14(15)20(21)22)10-18-19-16(23)17-2/h3-10H,1-2H3,(H2,17,19,23)/b18-10-. The van der Waals surface area contributed by atoms with Crippen LogP contribution in [0.25, 0.3) is 0 Å². The molecule has 24 heavy (non-hydrogen) atoms. The Hall–Kier alpha value is -2.45. The van der Waals surface area contributed by atoms with E-state index in [0.717, 1.165) is 10.5 Å². The smallest absolute Gasteiger partial charge is 0.283 e. The quantitative estimate of drug-likeness (QED) is 0.368. The number of nitro groups is 1. The van der Waals surface area contributed by atoms with Crippen LogP contribution in [-0.4, -0.2) is 23.3 Å². The molecule has 0 saturated heterocycles. The lowest BCUT2D eigenvalue weighted by atomic mass is 10.2. The van der Waals surface area contributed by atoms with Crippen molar-refractivity contribution >= 4 is 41.0 Å². The van der Waals surface area contributed by atoms with Gasteiger partial charge >= 0.3 is 0 Å². The van der Waals surface area contributed by atoms with Crippen LogP contribution in [0.2, 0.25) is 0 Å². The average Bonchev–Trinajstić information content (AvgIpc) is 2.57. The first-order valence-electron chi connectivity index (χ1n) is 7.03. The second-order valence-corrected chi connectivity index (χ2v) is 6.37. The van der Waals surface area contributed by atoms with Crippen LogP contribution in [0.1, 0.15) is 11.1 Å². The minimum atomic E-state index is -0.389. The van der Waals surface area contributed by atoms with Crippen molar-refractivity contribution in [1.29, 1.82) is 0 Å². The van der Waals surface area contributed by atoms with Crippen molar-refractivity contribution in [3.05, 3.63) is 63.7 Å². The van der Waals surface area contributed by atoms with Gasteiger partial charge in [0.05, 0.1) is 16.0 Å². The fraction of sp³-hybridized carbons (Fsp3) is 0.125. The van der Waals surface area contributed by atoms with Gasteiger partial charge in [0.2, 0.25) is 0 Å². The number of hydrazone groups is 1. The van der Waals surface area contributed by atoms with E-state index in [4.69, 9.17) is 12.2 Å². The van der Waals surface area contributed by atoms with Crippen molar-refractivity contribution in [2.75, 3.05) is 7.05 Å². The van der Waals surface area contributed by atoms with Crippen molar-refractivity contribution in [2.45, 2.75) is 16.7 Å². The number of thiocarbonyl (C=S) groups is 1. The van der Waals surface area contributed by atoms with Gasteiger partial charge in [-0.3, -0.25) is 15.5 Å². The Morgan fingerprint density at radius 1 is 1.29 bits per heavy atom. The lowest BCUT2D eigenvalue weighted by molar-refractivity contribution is -0.387. The van der Waals surface area contributed by atoms with Crippen molar-refractivity contribution in [3.63, 3.8) is 0 Å². The molecule has 0 aliphatic rings. The van der Waals surface area contributed by atoms with Crippen LogP contribution in [0.15, 0.2) is 57.4 Å². The first kappa shape index (κ1) is 17.9. The molecule has 2 N–H and O–H groups in total. The first-order valence-corrected chi connectivity index (χ1v) is 8.26. The van der Waals surface area contributed by atoms with Gasteiger partial charge in [0, 0.05) is 23.6 Å². The lowest BCUT2D eigenvalue weighted by Gasteiger charge is -2.05. The average molecular weight is 360 g/mol. The van der Waals surface area contributed by atoms with E-state index in [2.05, 4.69) is 15.8 Å². The maximum Gasteiger partial charge on any atom is 0.283 e. The summed E-state index contributed by atoms with van der Waals surface area (Å²) in [5.41, 5.74) is 4.40. The van der Waals surface area contributed by atoms with E-state index in [9.17, 15) is 10.1 Å². The van der Waals surface area contributed by atoms with Gasteiger partial charge in [-0.15, -0.1) is 0 Å². The maximum atomic E-state index is 11.3. The van der Waals surface area contributed by atoms with E-state index in [1.165, 1.54) is 24.0 Å². The molecule has 6 nitrogen and oxygen atoms in total. The van der Waals surface area contributed by atoms with Gasteiger partial charge in [-0.25, -0.2) is 0 Å². The lowest BCUT2D eigenvalue weighted by Crippen LogP contribution is -2.28. The van der Waals surface area contributed by atoms with Crippen molar-refractivity contribution in [1.82, 2.24) is 10.7 Å². The van der Waals surface area contributed by atoms with Gasteiger partial charge in [-0.1, -0.05) is 35.5 Å². The largest absolute Gasteiger partial charge is 0.364 e. The van der Waals surface area contributed by atoms with Gasteiger partial charge in [-0.2, -0.15) is 5.10 Å². The van der Waals surface area contributed by atoms with E-state index in [0.29, 0.717) is 15.6 Å². The summed E-state index contributed by atoms with van der Waals surface area (Å²) in [7, 11) is 1.67. The fourth-order valence-electron chi connectivity index (χ4n) is 1.80. The van der Waals surface area contributed by atoms with Crippen molar-refractivity contribution in [3.8, 4) is 0 Å². The molecule has 0 heterocycles. The Labute approximate surface area is 149 Å². The van der Waals surface area contributed by atoms with E-state index < -0.39 is 0 Å². The number of hydrogen-bond donors (Lipinski definition) is 2. The SMILES string of the molecule is CNC(=S)N/N=C\c1ccc(Sc2ccc(C)cc2)c([N+](=O)[O-])c1. The molecule has 0 radical (unpaired) electrons. The molecule has 2 aromatic carbocycles. The topological polar surface area (TPSA) is 79.6 Å². The molecule has 0 aromatic heterocycles. The van der Waals surface area contributed by atoms with Crippen molar-refractivity contribution in [2.24, 2.45) is 5.10 Å². The zero-order chi connectivity index (χ0) is 17.5. The molecule has 0 spiro atoms. The summed E-state index contributed by atoms with van der Waals surface area (Å²) < 4.78 is 0. The Kier molecular flexibility index (Phi) is 6.28. The highest BCUT2D eigenvalue weighted by atomic mass is 32.2. The number of aryl methyl sites for hydroxylation is 1. The molecule has 0 unspecified atom stereocenters. The minimum Gasteiger partial charge on any atom is -0.364 e. The predicted octanol–water partition coefficient (Wildman–Crippen LogP) is 3.48. The van der Waals surface area contributed by atoms with Crippen LogP contribution < -0.4 is 10.7 Å². The first-order chi connectivity index (χ1) is 11.5. The molecule has 0 aliphatic carbocycles. The van der Waals surface area contributed by atoms with Crippen LogP contribution in [0.4, 0.5) is 5.69 Å². The van der Waals surface area contributed by atoms with E-state index in [1.54, 1.807) is 19.2 Å². The van der Waals surface area contributed by atoms with Gasteiger partial charge in [0.1, 0.15) is 0 Å². The second-order valence-electron chi connectivity index (χ2n) is 4.85. The van der Waals surface area contributed by atoms with Crippen LogP contribution >= 0.6 is 24.0 Å². The normalized spacial score (nSPS) is 10.6. The molecule has 0 bridgehead atoms. The number of nitrogens with one attached hydrogen (secondary N) is 2. The number of rotatable bonds is 5. The molecular formula is C16H16N4O2S2. The third-order valence-corrected chi connectivity index (χ3v) is 4.40. The van der Waals surface area contributed by atoms with Crippen LogP contribution in [0.5, 0.6) is 0 Å². The third-order valence-electron chi connectivity index (χ3n) is 3.04. The van der Waals surface area contributed by atoms with E-state index in [1.807, 2.05) is 31.2 Å². The van der Waals surface area contributed by atoms with Crippen LogP contribution in [0.3, 0.4) is 0 Å². The molecule has 0 fully saturated rings. The molecule has 0 saturated carbocycles. The summed E-state index contributed by atoms with van der Waals surface area (Å²) in [6.07, 6.45) is 1.48. The van der Waals surface area contributed by atoms with Gasteiger partial charge < -0.3 is 5.32 Å². The highest BCUT2D eigenvalue weighted by Crippen LogP contribution is 2.35. The molecule has 0 amide bonds. The highest BCUT2D eigenvalue weighted by Gasteiger charge is 2.15. The molecule has 8 heteroatoms. The fourth-order valence-corrected chi connectivity index (χ4v) is 2.75. The summed E-state index contributed by atoms with van der Waals surface area (Å²) in [6.45, 7) is 2.00. The van der Waals surface area contributed by atoms with Gasteiger partial charge in [-0.05, 0) is 37.3 Å². The summed E-state index contributed by atoms with van der Waals surface area (Å²) in [5.74, 6) is 0. The predicted molar refractivity (Wildman–Crippen MR) is 101 cm³/mol. The summed E-state index contributed by atoms with van der Waals surface area (Å²) in [5, 5.41) is 18.4. The van der Waals surface area contributed by atoms with E-state index in [-0.39, 0.29) is 10.6 Å². The highest BCUT2D eigenvalue weighted by molar-refractivity contribution is 7.99. The molecule has 0 atom stereocenters. The summed E-state index contributed by atoms with van der Waals surface area (Å²) >= 11 is 6.25. The van der Waals surface area contributed by atoms with Crippen molar-refractivity contribution < 1.29 is 4.92 Å². The number of nitro benzene ring substituents is 1. The Bertz CT molecular complexity index is 776. The van der Waals surface area contributed by atoms with Gasteiger partial charge in [0.15, 0.2) is 5.11 Å². The molecule has 2 rings (SSSR count). The zero-order valence-corrected chi connectivity index (χ0v) is 14.8. The van der Waals surface area contributed by atoms with Crippen LogP contribution in [0, 0.1) is 17.0 Å². The number of nitrogens with zero attached hydrogens (tertiary/aromatic N) is 2. The Morgan fingerprint density at radius 2 is 2.00 bits per heavy atom. The summed E-state index contributed by atoms with van der Waals surface area (Å²) in [6, 6.07) is 12.8. The van der Waals surface area contributed by atoms with Gasteiger partial charge in [0.25, 0.3) is 5.69 Å².